The van der Waals surface area contributed by atoms with E-state index in [0.29, 0.717) is 12.3 Å². The topological polar surface area (TPSA) is 50.8 Å². The van der Waals surface area contributed by atoms with Gasteiger partial charge in [0.25, 0.3) is 0 Å². The molecule has 0 radical (unpaired) electrons. The van der Waals surface area contributed by atoms with Crippen LogP contribution < -0.4 is 14.8 Å². The van der Waals surface area contributed by atoms with Crippen LogP contribution in [0.5, 0.6) is 11.5 Å². The molecule has 3 aromatic rings. The Labute approximate surface area is 187 Å². The number of benzene rings is 2. The molecule has 0 fully saturated rings. The van der Waals surface area contributed by atoms with E-state index in [4.69, 9.17) is 9.47 Å². The van der Waals surface area contributed by atoms with Gasteiger partial charge in [-0.1, -0.05) is 24.3 Å². The molecule has 1 amide bonds. The van der Waals surface area contributed by atoms with Crippen molar-refractivity contribution in [1.29, 1.82) is 0 Å². The molecule has 0 spiro atoms. The van der Waals surface area contributed by atoms with E-state index in [2.05, 4.69) is 39.9 Å². The van der Waals surface area contributed by atoms with E-state index >= 15 is 0 Å². The minimum Gasteiger partial charge on any atom is -0.493 e. The van der Waals surface area contributed by atoms with Crippen molar-refractivity contribution in [2.45, 2.75) is 26.3 Å². The predicted molar refractivity (Wildman–Crippen MR) is 126 cm³/mol. The van der Waals surface area contributed by atoms with Crippen LogP contribution in [-0.2, 0) is 11.2 Å². The zero-order valence-corrected chi connectivity index (χ0v) is 19.2. The van der Waals surface area contributed by atoms with Gasteiger partial charge in [-0.2, -0.15) is 0 Å². The Kier molecular flexibility index (Phi) is 6.30. The summed E-state index contributed by atoms with van der Waals surface area (Å²) in [6.07, 6.45) is 0.855. The molecule has 5 nitrogen and oxygen atoms in total. The number of rotatable bonds is 6. The maximum atomic E-state index is 13.0. The zero-order valence-electron chi connectivity index (χ0n) is 18.4. The first kappa shape index (κ1) is 21.4. The van der Waals surface area contributed by atoms with E-state index in [0.717, 1.165) is 35.5 Å². The molecule has 1 N–H and O–H groups in total. The number of nitrogens with zero attached hydrogens (tertiary/aromatic N) is 1. The number of para-hydroxylation sites is 1. The molecule has 6 heteroatoms. The van der Waals surface area contributed by atoms with Crippen molar-refractivity contribution < 1.29 is 14.3 Å². The van der Waals surface area contributed by atoms with Crippen molar-refractivity contribution in [3.8, 4) is 11.5 Å². The second-order valence-electron chi connectivity index (χ2n) is 7.86. The number of ether oxygens (including phenoxy) is 2. The molecule has 1 atom stereocenters. The number of hydrogen-bond donors (Lipinski definition) is 1. The Morgan fingerprint density at radius 1 is 1.10 bits per heavy atom. The first-order valence-electron chi connectivity index (χ1n) is 10.4. The van der Waals surface area contributed by atoms with E-state index in [1.165, 1.54) is 16.0 Å². The number of aryl methyl sites for hydroxylation is 2. The molecule has 162 valence electrons. The maximum absolute atomic E-state index is 13.0. The first-order valence-corrected chi connectivity index (χ1v) is 11.3. The number of fused-ring (bicyclic) bond motifs is 1. The van der Waals surface area contributed by atoms with Crippen molar-refractivity contribution in [3.05, 3.63) is 75.0 Å². The number of thiophene rings is 1. The van der Waals surface area contributed by atoms with Crippen LogP contribution in [0.1, 0.15) is 33.2 Å². The summed E-state index contributed by atoms with van der Waals surface area (Å²) in [5, 5.41) is 5.22. The van der Waals surface area contributed by atoms with Crippen LogP contribution in [0.4, 0.5) is 5.69 Å². The summed E-state index contributed by atoms with van der Waals surface area (Å²) in [5.41, 5.74) is 5.46. The molecule has 0 unspecified atom stereocenters. The zero-order chi connectivity index (χ0) is 22.0. The summed E-state index contributed by atoms with van der Waals surface area (Å²) in [6.45, 7) is 5.16. The molecule has 2 aromatic carbocycles. The Morgan fingerprint density at radius 3 is 2.45 bits per heavy atom. The number of anilines is 1. The number of amides is 1. The quantitative estimate of drug-likeness (QED) is 0.593. The van der Waals surface area contributed by atoms with Gasteiger partial charge < -0.3 is 14.8 Å². The van der Waals surface area contributed by atoms with Gasteiger partial charge in [-0.05, 0) is 66.1 Å². The lowest BCUT2D eigenvalue weighted by atomic mass is 9.91. The van der Waals surface area contributed by atoms with Crippen molar-refractivity contribution in [2.75, 3.05) is 32.6 Å². The van der Waals surface area contributed by atoms with E-state index in [-0.39, 0.29) is 11.9 Å². The van der Waals surface area contributed by atoms with Crippen LogP contribution >= 0.6 is 11.3 Å². The molecular formula is C25H28N2O3S. The highest BCUT2D eigenvalue weighted by Crippen LogP contribution is 2.42. The normalized spacial score (nSPS) is 15.9. The number of methoxy groups -OCH3 is 2. The van der Waals surface area contributed by atoms with Crippen LogP contribution in [0.2, 0.25) is 0 Å². The molecule has 0 aliphatic carbocycles. The van der Waals surface area contributed by atoms with Crippen LogP contribution in [0.3, 0.4) is 0 Å². The summed E-state index contributed by atoms with van der Waals surface area (Å²) >= 11 is 1.71. The summed E-state index contributed by atoms with van der Waals surface area (Å²) in [5.74, 6) is 1.46. The summed E-state index contributed by atoms with van der Waals surface area (Å²) < 4.78 is 11.1. The van der Waals surface area contributed by atoms with Gasteiger partial charge in [0.2, 0.25) is 5.91 Å². The summed E-state index contributed by atoms with van der Waals surface area (Å²) in [6, 6.07) is 14.4. The average molecular weight is 437 g/mol. The van der Waals surface area contributed by atoms with Crippen LogP contribution in [0.15, 0.2) is 47.8 Å². The molecule has 1 aromatic heterocycles. The third kappa shape index (κ3) is 4.31. The van der Waals surface area contributed by atoms with Crippen molar-refractivity contribution >= 4 is 22.9 Å². The molecule has 1 aliphatic rings. The second kappa shape index (κ2) is 9.12. The minimum absolute atomic E-state index is 0.00267. The number of carbonyl (C=O) groups excluding carboxylic acids is 1. The highest BCUT2D eigenvalue weighted by atomic mass is 32.1. The molecule has 0 saturated carbocycles. The third-order valence-electron chi connectivity index (χ3n) is 5.88. The summed E-state index contributed by atoms with van der Waals surface area (Å²) in [4.78, 5) is 16.5. The van der Waals surface area contributed by atoms with Gasteiger partial charge in [-0.3, -0.25) is 9.69 Å². The molecule has 31 heavy (non-hydrogen) atoms. The van der Waals surface area contributed by atoms with Crippen molar-refractivity contribution in [1.82, 2.24) is 4.90 Å². The largest absolute Gasteiger partial charge is 0.493 e. The Balaban J connectivity index is 1.64. The fourth-order valence-electron chi connectivity index (χ4n) is 4.32. The molecule has 0 bridgehead atoms. The molecular weight excluding hydrogens is 408 g/mol. The fraction of sp³-hybridized carbons (Fsp3) is 0.320. The van der Waals surface area contributed by atoms with Gasteiger partial charge in [0, 0.05) is 17.1 Å². The smallest absolute Gasteiger partial charge is 0.238 e. The van der Waals surface area contributed by atoms with E-state index in [1.807, 2.05) is 32.0 Å². The Morgan fingerprint density at radius 2 is 1.81 bits per heavy atom. The van der Waals surface area contributed by atoms with E-state index in [9.17, 15) is 4.79 Å². The number of carbonyl (C=O) groups is 1. The lowest BCUT2D eigenvalue weighted by Gasteiger charge is -2.37. The second-order valence-corrected chi connectivity index (χ2v) is 8.84. The SMILES string of the molecule is COc1cc2c(cc1OC)[C@@H](c1cccs1)N(CC(=O)Nc1c(C)cccc1C)CC2. The van der Waals surface area contributed by atoms with Crippen molar-refractivity contribution in [2.24, 2.45) is 0 Å². The van der Waals surface area contributed by atoms with Crippen LogP contribution in [-0.4, -0.2) is 38.1 Å². The van der Waals surface area contributed by atoms with Gasteiger partial charge in [-0.25, -0.2) is 0 Å². The number of nitrogens with one attached hydrogen (secondary N) is 1. The number of hydrogen-bond acceptors (Lipinski definition) is 5. The average Bonchev–Trinajstić information content (AvgIpc) is 3.29. The minimum atomic E-state index is 0.00267. The van der Waals surface area contributed by atoms with Gasteiger partial charge in [-0.15, -0.1) is 11.3 Å². The molecule has 4 rings (SSSR count). The predicted octanol–water partition coefficient (Wildman–Crippen LogP) is 4.97. The molecule has 0 saturated heterocycles. The lowest BCUT2D eigenvalue weighted by Crippen LogP contribution is -2.41. The third-order valence-corrected chi connectivity index (χ3v) is 6.80. The van der Waals surface area contributed by atoms with Gasteiger partial charge >= 0.3 is 0 Å². The molecule has 1 aliphatic heterocycles. The maximum Gasteiger partial charge on any atom is 0.238 e. The van der Waals surface area contributed by atoms with Gasteiger partial charge in [0.1, 0.15) is 0 Å². The highest BCUT2D eigenvalue weighted by molar-refractivity contribution is 7.10. The van der Waals surface area contributed by atoms with Gasteiger partial charge in [0.15, 0.2) is 11.5 Å². The Bertz CT molecular complexity index is 1060. The van der Waals surface area contributed by atoms with E-state index in [1.54, 1.807) is 25.6 Å². The van der Waals surface area contributed by atoms with Gasteiger partial charge in [0.05, 0.1) is 26.8 Å². The monoisotopic (exact) mass is 436 g/mol. The standard InChI is InChI=1S/C25H28N2O3S/c1-16-7-5-8-17(2)24(16)26-23(28)15-27-11-10-18-13-20(29-3)21(30-4)14-19(18)25(27)22-9-6-12-31-22/h5-9,12-14,25H,10-11,15H2,1-4H3,(H,26,28)/t25-/m0/s1. The van der Waals surface area contributed by atoms with E-state index < -0.39 is 0 Å². The highest BCUT2D eigenvalue weighted by Gasteiger charge is 2.32. The summed E-state index contributed by atoms with van der Waals surface area (Å²) in [7, 11) is 3.32. The van der Waals surface area contributed by atoms with Crippen LogP contribution in [0.25, 0.3) is 0 Å². The fourth-order valence-corrected chi connectivity index (χ4v) is 5.20. The van der Waals surface area contributed by atoms with Crippen molar-refractivity contribution in [3.63, 3.8) is 0 Å². The molecule has 2 heterocycles. The van der Waals surface area contributed by atoms with Crippen LogP contribution in [0, 0.1) is 13.8 Å². The first-order chi connectivity index (χ1) is 15.0. The Hall–Kier alpha value is -2.83. The lowest BCUT2D eigenvalue weighted by molar-refractivity contribution is -0.117.